The minimum absolute atomic E-state index is 0.0126. The van der Waals surface area contributed by atoms with E-state index >= 15 is 0 Å². The number of hydrogen-bond acceptors (Lipinski definition) is 1. The SMILES string of the molecule is O=C1NCCCCCCC[C@@H]1Cl. The van der Waals surface area contributed by atoms with Gasteiger partial charge in [0.05, 0.1) is 0 Å². The molecule has 0 aromatic heterocycles. The van der Waals surface area contributed by atoms with Gasteiger partial charge in [-0.2, -0.15) is 0 Å². The Morgan fingerprint density at radius 2 is 1.83 bits per heavy atom. The summed E-state index contributed by atoms with van der Waals surface area (Å²) < 4.78 is 0. The third-order valence-electron chi connectivity index (χ3n) is 2.22. The molecule has 70 valence electrons. The van der Waals surface area contributed by atoms with Crippen molar-refractivity contribution >= 4 is 17.5 Å². The molecule has 0 aliphatic carbocycles. The number of alkyl halides is 1. The lowest BCUT2D eigenvalue weighted by Crippen LogP contribution is -2.32. The number of nitrogens with one attached hydrogen (secondary N) is 1. The maximum Gasteiger partial charge on any atom is 0.238 e. The van der Waals surface area contributed by atoms with Gasteiger partial charge in [0, 0.05) is 6.54 Å². The number of carbonyl (C=O) groups is 1. The van der Waals surface area contributed by atoms with Crippen molar-refractivity contribution in [1.29, 1.82) is 0 Å². The molecule has 1 amide bonds. The third-order valence-corrected chi connectivity index (χ3v) is 2.63. The van der Waals surface area contributed by atoms with E-state index in [1.807, 2.05) is 0 Å². The maximum atomic E-state index is 11.2. The van der Waals surface area contributed by atoms with Gasteiger partial charge in [0.1, 0.15) is 5.38 Å². The van der Waals surface area contributed by atoms with E-state index in [1.54, 1.807) is 0 Å². The minimum atomic E-state index is -0.303. The van der Waals surface area contributed by atoms with Crippen LogP contribution in [-0.2, 0) is 4.79 Å². The van der Waals surface area contributed by atoms with Gasteiger partial charge in [-0.15, -0.1) is 11.6 Å². The Morgan fingerprint density at radius 1 is 1.17 bits per heavy atom. The molecule has 1 rings (SSSR count). The van der Waals surface area contributed by atoms with E-state index in [4.69, 9.17) is 11.6 Å². The largest absolute Gasteiger partial charge is 0.355 e. The van der Waals surface area contributed by atoms with Crippen LogP contribution in [0.25, 0.3) is 0 Å². The highest BCUT2D eigenvalue weighted by Crippen LogP contribution is 2.12. The smallest absolute Gasteiger partial charge is 0.238 e. The highest BCUT2D eigenvalue weighted by atomic mass is 35.5. The monoisotopic (exact) mass is 189 g/mol. The first-order chi connectivity index (χ1) is 5.80. The molecule has 3 heteroatoms. The zero-order chi connectivity index (χ0) is 8.81. The summed E-state index contributed by atoms with van der Waals surface area (Å²) in [6.45, 7) is 0.794. The first-order valence-electron chi connectivity index (χ1n) is 4.72. The van der Waals surface area contributed by atoms with E-state index in [2.05, 4.69) is 5.32 Å². The Bertz CT molecular complexity index is 149. The van der Waals surface area contributed by atoms with Gasteiger partial charge in [-0.05, 0) is 12.8 Å². The van der Waals surface area contributed by atoms with Crippen molar-refractivity contribution in [3.63, 3.8) is 0 Å². The van der Waals surface area contributed by atoms with Gasteiger partial charge in [-0.1, -0.05) is 25.7 Å². The van der Waals surface area contributed by atoms with Gasteiger partial charge in [-0.3, -0.25) is 4.79 Å². The van der Waals surface area contributed by atoms with Gasteiger partial charge in [-0.25, -0.2) is 0 Å². The van der Waals surface area contributed by atoms with Crippen LogP contribution in [0.15, 0.2) is 0 Å². The molecule has 0 spiro atoms. The van der Waals surface area contributed by atoms with E-state index in [0.29, 0.717) is 0 Å². The molecule has 0 aromatic rings. The van der Waals surface area contributed by atoms with Crippen LogP contribution in [-0.4, -0.2) is 17.8 Å². The van der Waals surface area contributed by atoms with Crippen LogP contribution >= 0.6 is 11.6 Å². The number of halogens is 1. The molecule has 2 nitrogen and oxygen atoms in total. The summed E-state index contributed by atoms with van der Waals surface area (Å²) in [7, 11) is 0. The lowest BCUT2D eigenvalue weighted by molar-refractivity contribution is -0.120. The zero-order valence-corrected chi connectivity index (χ0v) is 8.07. The lowest BCUT2D eigenvalue weighted by Gasteiger charge is -2.12. The fourth-order valence-electron chi connectivity index (χ4n) is 1.43. The van der Waals surface area contributed by atoms with E-state index in [0.717, 1.165) is 25.8 Å². The van der Waals surface area contributed by atoms with Crippen molar-refractivity contribution in [3.05, 3.63) is 0 Å². The highest BCUT2D eigenvalue weighted by molar-refractivity contribution is 6.30. The van der Waals surface area contributed by atoms with Gasteiger partial charge < -0.3 is 5.32 Å². The topological polar surface area (TPSA) is 29.1 Å². The zero-order valence-electron chi connectivity index (χ0n) is 7.31. The van der Waals surface area contributed by atoms with Crippen LogP contribution in [0.2, 0.25) is 0 Å². The molecule has 0 saturated carbocycles. The molecule has 0 radical (unpaired) electrons. The molecular weight excluding hydrogens is 174 g/mol. The second-order valence-electron chi connectivity index (χ2n) is 3.32. The van der Waals surface area contributed by atoms with Crippen molar-refractivity contribution in [2.24, 2.45) is 0 Å². The van der Waals surface area contributed by atoms with Gasteiger partial charge in [0.15, 0.2) is 0 Å². The van der Waals surface area contributed by atoms with Crippen molar-refractivity contribution in [1.82, 2.24) is 5.32 Å². The molecule has 1 aliphatic heterocycles. The Balaban J connectivity index is 2.31. The van der Waals surface area contributed by atoms with Crippen LogP contribution in [0, 0.1) is 0 Å². The van der Waals surface area contributed by atoms with Crippen molar-refractivity contribution in [3.8, 4) is 0 Å². The van der Waals surface area contributed by atoms with Crippen molar-refractivity contribution < 1.29 is 4.79 Å². The second kappa shape index (κ2) is 5.41. The Kier molecular flexibility index (Phi) is 4.44. The first kappa shape index (κ1) is 9.85. The van der Waals surface area contributed by atoms with Crippen LogP contribution in [0.3, 0.4) is 0 Å². The lowest BCUT2D eigenvalue weighted by atomic mass is 10.1. The normalized spacial score (nSPS) is 27.8. The average molecular weight is 190 g/mol. The van der Waals surface area contributed by atoms with Crippen LogP contribution < -0.4 is 5.32 Å². The summed E-state index contributed by atoms with van der Waals surface area (Å²) in [5.74, 6) is 0.0126. The summed E-state index contributed by atoms with van der Waals surface area (Å²) in [5, 5.41) is 2.53. The summed E-state index contributed by atoms with van der Waals surface area (Å²) >= 11 is 5.86. The van der Waals surface area contributed by atoms with E-state index in [1.165, 1.54) is 19.3 Å². The number of rotatable bonds is 0. The van der Waals surface area contributed by atoms with Crippen LogP contribution in [0.4, 0.5) is 0 Å². The predicted octanol–water partition coefficient (Wildman–Crippen LogP) is 2.06. The molecule has 1 fully saturated rings. The Morgan fingerprint density at radius 3 is 2.67 bits per heavy atom. The van der Waals surface area contributed by atoms with Gasteiger partial charge in [0.25, 0.3) is 0 Å². The summed E-state index contributed by atoms with van der Waals surface area (Å²) in [4.78, 5) is 11.2. The first-order valence-corrected chi connectivity index (χ1v) is 5.16. The van der Waals surface area contributed by atoms with Crippen molar-refractivity contribution in [2.75, 3.05) is 6.54 Å². The predicted molar refractivity (Wildman–Crippen MR) is 50.4 cm³/mol. The summed E-state index contributed by atoms with van der Waals surface area (Å²) in [6, 6.07) is 0. The molecule has 1 atom stereocenters. The third kappa shape index (κ3) is 3.44. The van der Waals surface area contributed by atoms with E-state index in [9.17, 15) is 4.79 Å². The summed E-state index contributed by atoms with van der Waals surface area (Å²) in [5.41, 5.74) is 0. The number of hydrogen-bond donors (Lipinski definition) is 1. The minimum Gasteiger partial charge on any atom is -0.355 e. The Hall–Kier alpha value is -0.240. The molecule has 12 heavy (non-hydrogen) atoms. The molecule has 0 bridgehead atoms. The fraction of sp³-hybridized carbons (Fsp3) is 0.889. The average Bonchev–Trinajstić information content (AvgIpc) is 2.08. The van der Waals surface area contributed by atoms with E-state index in [-0.39, 0.29) is 11.3 Å². The molecular formula is C9H16ClNO. The van der Waals surface area contributed by atoms with E-state index < -0.39 is 0 Å². The van der Waals surface area contributed by atoms with Crippen LogP contribution in [0.1, 0.15) is 38.5 Å². The van der Waals surface area contributed by atoms with Crippen LogP contribution in [0.5, 0.6) is 0 Å². The number of carbonyl (C=O) groups excluding carboxylic acids is 1. The quantitative estimate of drug-likeness (QED) is 0.581. The fourth-order valence-corrected chi connectivity index (χ4v) is 1.66. The van der Waals surface area contributed by atoms with Crippen molar-refractivity contribution in [2.45, 2.75) is 43.9 Å². The molecule has 1 N–H and O–H groups in total. The van der Waals surface area contributed by atoms with Gasteiger partial charge >= 0.3 is 0 Å². The molecule has 0 unspecified atom stereocenters. The van der Waals surface area contributed by atoms with Gasteiger partial charge in [0.2, 0.25) is 5.91 Å². The standard InChI is InChI=1S/C9H16ClNO/c10-8-6-4-2-1-3-5-7-11-9(8)12/h8H,1-7H2,(H,11,12)/t8-/m0/s1. The maximum absolute atomic E-state index is 11.2. The number of amides is 1. The highest BCUT2D eigenvalue weighted by Gasteiger charge is 2.14. The molecule has 1 saturated heterocycles. The molecule has 0 aromatic carbocycles. The molecule has 1 heterocycles. The molecule has 1 aliphatic rings. The Labute approximate surface area is 78.7 Å². The second-order valence-corrected chi connectivity index (χ2v) is 3.84. The summed E-state index contributed by atoms with van der Waals surface area (Å²) in [6.07, 6.45) is 6.73.